The van der Waals surface area contributed by atoms with Crippen LogP contribution in [-0.2, 0) is 6.18 Å². The molecule has 3 aromatic heterocycles. The molecule has 0 aliphatic carbocycles. The van der Waals surface area contributed by atoms with Crippen molar-refractivity contribution in [3.05, 3.63) is 71.8 Å². The number of nitrogens with zero attached hydrogens (tertiary/aromatic N) is 4. The fourth-order valence-corrected chi connectivity index (χ4v) is 2.85. The molecule has 4 rings (SSSR count). The minimum absolute atomic E-state index is 0.149. The van der Waals surface area contributed by atoms with Gasteiger partial charge in [0.2, 0.25) is 0 Å². The van der Waals surface area contributed by atoms with Gasteiger partial charge in [0.15, 0.2) is 0 Å². The molecule has 5 nitrogen and oxygen atoms in total. The second-order valence-corrected chi connectivity index (χ2v) is 6.27. The zero-order valence-corrected chi connectivity index (χ0v) is 14.8. The van der Waals surface area contributed by atoms with Crippen LogP contribution < -0.4 is 5.32 Å². The van der Waals surface area contributed by atoms with Crippen LogP contribution in [0, 0.1) is 0 Å². The Morgan fingerprint density at radius 1 is 0.929 bits per heavy atom. The summed E-state index contributed by atoms with van der Waals surface area (Å²) in [6, 6.07) is 10.4. The van der Waals surface area contributed by atoms with Gasteiger partial charge in [0.25, 0.3) is 0 Å². The Balaban J connectivity index is 1.77. The monoisotopic (exact) mass is 401 g/mol. The second kappa shape index (κ2) is 7.05. The largest absolute Gasteiger partial charge is 0.418 e. The van der Waals surface area contributed by atoms with Gasteiger partial charge >= 0.3 is 6.18 Å². The van der Waals surface area contributed by atoms with E-state index in [0.29, 0.717) is 33.1 Å². The average Bonchev–Trinajstić information content (AvgIpc) is 2.69. The fraction of sp³-hybridized carbons (Fsp3) is 0.0526. The number of pyridine rings is 2. The van der Waals surface area contributed by atoms with Crippen LogP contribution in [0.1, 0.15) is 5.56 Å². The number of rotatable bonds is 3. The summed E-state index contributed by atoms with van der Waals surface area (Å²) in [5, 5.41) is 4.18. The van der Waals surface area contributed by atoms with Crippen LogP contribution in [-0.4, -0.2) is 19.9 Å². The van der Waals surface area contributed by atoms with Gasteiger partial charge in [-0.15, -0.1) is 0 Å². The summed E-state index contributed by atoms with van der Waals surface area (Å²) in [6.07, 6.45) is -0.357. The molecule has 0 saturated carbocycles. The lowest BCUT2D eigenvalue weighted by Gasteiger charge is -2.13. The predicted octanol–water partition coefficient (Wildman–Crippen LogP) is 5.50. The first kappa shape index (κ1) is 18.1. The summed E-state index contributed by atoms with van der Waals surface area (Å²) in [7, 11) is 0. The molecule has 0 bridgehead atoms. The Labute approximate surface area is 162 Å². The van der Waals surface area contributed by atoms with E-state index >= 15 is 0 Å². The molecule has 0 unspecified atom stereocenters. The first-order chi connectivity index (χ1) is 13.4. The zero-order valence-electron chi connectivity index (χ0n) is 14.1. The van der Waals surface area contributed by atoms with Crippen LogP contribution in [0.3, 0.4) is 0 Å². The Hall–Kier alpha value is -3.26. The van der Waals surface area contributed by atoms with E-state index in [9.17, 15) is 13.2 Å². The number of hydrogen-bond acceptors (Lipinski definition) is 5. The molecule has 1 N–H and O–H groups in total. The van der Waals surface area contributed by atoms with Gasteiger partial charge in [0.1, 0.15) is 18.0 Å². The van der Waals surface area contributed by atoms with Crippen molar-refractivity contribution >= 4 is 34.1 Å². The third-order valence-electron chi connectivity index (χ3n) is 4.00. The van der Waals surface area contributed by atoms with Crippen molar-refractivity contribution in [2.75, 3.05) is 5.32 Å². The maximum Gasteiger partial charge on any atom is 0.418 e. The molecule has 0 aliphatic heterocycles. The normalized spacial score (nSPS) is 11.6. The summed E-state index contributed by atoms with van der Waals surface area (Å²) >= 11 is 5.83. The minimum atomic E-state index is -4.50. The lowest BCUT2D eigenvalue weighted by molar-refractivity contribution is -0.137. The predicted molar refractivity (Wildman–Crippen MR) is 100 cm³/mol. The van der Waals surface area contributed by atoms with E-state index in [1.54, 1.807) is 30.3 Å². The minimum Gasteiger partial charge on any atom is -0.324 e. The third kappa shape index (κ3) is 3.59. The highest BCUT2D eigenvalue weighted by Gasteiger charge is 2.34. The van der Waals surface area contributed by atoms with Gasteiger partial charge < -0.3 is 5.32 Å². The Morgan fingerprint density at radius 3 is 2.54 bits per heavy atom. The van der Waals surface area contributed by atoms with Crippen LogP contribution in [0.4, 0.5) is 24.8 Å². The Bertz CT molecular complexity index is 1150. The molecule has 0 spiro atoms. The topological polar surface area (TPSA) is 63.6 Å². The number of aromatic nitrogens is 4. The van der Waals surface area contributed by atoms with Crippen molar-refractivity contribution in [3.8, 4) is 11.3 Å². The summed E-state index contributed by atoms with van der Waals surface area (Å²) in [6.45, 7) is 0. The zero-order chi connectivity index (χ0) is 19.7. The quantitative estimate of drug-likeness (QED) is 0.491. The maximum absolute atomic E-state index is 13.3. The second-order valence-electron chi connectivity index (χ2n) is 5.84. The van der Waals surface area contributed by atoms with Crippen LogP contribution >= 0.6 is 11.6 Å². The first-order valence-corrected chi connectivity index (χ1v) is 8.45. The molecule has 4 aromatic rings. The number of halogens is 4. The van der Waals surface area contributed by atoms with Crippen LogP contribution in [0.15, 0.2) is 61.2 Å². The molecular weight excluding hydrogens is 391 g/mol. The summed E-state index contributed by atoms with van der Waals surface area (Å²) in [5.41, 5.74) is -0.158. The van der Waals surface area contributed by atoms with Gasteiger partial charge in [-0.25, -0.2) is 15.0 Å². The molecule has 0 aliphatic rings. The molecule has 9 heteroatoms. The van der Waals surface area contributed by atoms with Gasteiger partial charge in [0.05, 0.1) is 21.8 Å². The van der Waals surface area contributed by atoms with Gasteiger partial charge in [-0.05, 0) is 36.4 Å². The Morgan fingerprint density at radius 2 is 1.79 bits per heavy atom. The summed E-state index contributed by atoms with van der Waals surface area (Å²) in [5.74, 6) is 1.00. The van der Waals surface area contributed by atoms with Gasteiger partial charge in [-0.2, -0.15) is 13.2 Å². The number of nitrogens with one attached hydrogen (secondary N) is 1. The molecule has 0 atom stereocenters. The molecule has 0 amide bonds. The molecule has 1 aromatic carbocycles. The molecule has 0 radical (unpaired) electrons. The van der Waals surface area contributed by atoms with Gasteiger partial charge in [-0.1, -0.05) is 17.7 Å². The molecule has 0 fully saturated rings. The number of benzene rings is 1. The standard InChI is InChI=1S/C19H11ClF3N5/c20-12-4-6-16(25-9-12)28-18-13-5-3-11(8-15(13)26-10-27-18)17-14(19(21,22)23)2-1-7-24-17/h1-10H,(H,25,26,27,28). The third-order valence-corrected chi connectivity index (χ3v) is 4.22. The van der Waals surface area contributed by atoms with E-state index in [1.807, 2.05) is 0 Å². The van der Waals surface area contributed by atoms with E-state index in [1.165, 1.54) is 24.8 Å². The SMILES string of the molecule is FC(F)(F)c1cccnc1-c1ccc2c(Nc3ccc(Cl)cn3)ncnc2c1. The van der Waals surface area contributed by atoms with E-state index in [0.717, 1.165) is 6.07 Å². The van der Waals surface area contributed by atoms with E-state index in [2.05, 4.69) is 25.3 Å². The molecule has 140 valence electrons. The van der Waals surface area contributed by atoms with Gasteiger partial charge in [0, 0.05) is 23.3 Å². The van der Waals surface area contributed by atoms with E-state index in [4.69, 9.17) is 11.6 Å². The molecule has 0 saturated heterocycles. The lowest BCUT2D eigenvalue weighted by atomic mass is 10.0. The smallest absolute Gasteiger partial charge is 0.324 e. The number of alkyl halides is 3. The van der Waals surface area contributed by atoms with Crippen molar-refractivity contribution in [2.45, 2.75) is 6.18 Å². The highest BCUT2D eigenvalue weighted by molar-refractivity contribution is 6.30. The van der Waals surface area contributed by atoms with Gasteiger partial charge in [-0.3, -0.25) is 4.98 Å². The highest BCUT2D eigenvalue weighted by atomic mass is 35.5. The van der Waals surface area contributed by atoms with E-state index in [-0.39, 0.29) is 5.69 Å². The molecule has 28 heavy (non-hydrogen) atoms. The first-order valence-electron chi connectivity index (χ1n) is 8.08. The highest BCUT2D eigenvalue weighted by Crippen LogP contribution is 2.36. The lowest BCUT2D eigenvalue weighted by Crippen LogP contribution is -2.08. The summed E-state index contributed by atoms with van der Waals surface area (Å²) in [4.78, 5) is 16.4. The Kier molecular flexibility index (Phi) is 4.56. The van der Waals surface area contributed by atoms with Crippen molar-refractivity contribution in [1.82, 2.24) is 19.9 Å². The van der Waals surface area contributed by atoms with Crippen LogP contribution in [0.5, 0.6) is 0 Å². The number of fused-ring (bicyclic) bond motifs is 1. The number of hydrogen-bond donors (Lipinski definition) is 1. The van der Waals surface area contributed by atoms with Crippen molar-refractivity contribution in [1.29, 1.82) is 0 Å². The van der Waals surface area contributed by atoms with Crippen molar-refractivity contribution in [3.63, 3.8) is 0 Å². The van der Waals surface area contributed by atoms with Crippen LogP contribution in [0.2, 0.25) is 5.02 Å². The number of anilines is 2. The van der Waals surface area contributed by atoms with Crippen LogP contribution in [0.25, 0.3) is 22.2 Å². The molecular formula is C19H11ClF3N5. The van der Waals surface area contributed by atoms with Crippen molar-refractivity contribution in [2.24, 2.45) is 0 Å². The summed E-state index contributed by atoms with van der Waals surface area (Å²) < 4.78 is 39.9. The maximum atomic E-state index is 13.3. The molecule has 3 heterocycles. The van der Waals surface area contributed by atoms with E-state index < -0.39 is 11.7 Å². The van der Waals surface area contributed by atoms with Crippen molar-refractivity contribution < 1.29 is 13.2 Å². The fourth-order valence-electron chi connectivity index (χ4n) is 2.74. The average molecular weight is 402 g/mol.